The number of anilines is 2. The highest BCUT2D eigenvalue weighted by Gasteiger charge is 2.22. The number of fused-ring (bicyclic) bond motifs is 1. The van der Waals surface area contributed by atoms with Gasteiger partial charge in [0.2, 0.25) is 0 Å². The number of nitrogens with zero attached hydrogens (tertiary/aromatic N) is 5. The monoisotopic (exact) mass is 629 g/mol. The van der Waals surface area contributed by atoms with Gasteiger partial charge in [-0.05, 0) is 49.1 Å². The molecule has 5 rings (SSSR count). The first-order valence-electron chi connectivity index (χ1n) is 14.7. The fourth-order valence-electron chi connectivity index (χ4n) is 5.04. The van der Waals surface area contributed by atoms with Crippen molar-refractivity contribution in [3.63, 3.8) is 0 Å². The van der Waals surface area contributed by atoms with Gasteiger partial charge in [-0.1, -0.05) is 32.9 Å². The molecule has 0 fully saturated rings. The van der Waals surface area contributed by atoms with Crippen LogP contribution >= 0.6 is 0 Å². The molecule has 240 valence electrons. The van der Waals surface area contributed by atoms with Crippen LogP contribution in [0.4, 0.5) is 15.9 Å². The third kappa shape index (κ3) is 6.53. The quantitative estimate of drug-likeness (QED) is 0.221. The lowest BCUT2D eigenvalue weighted by Crippen LogP contribution is -2.34. The molecule has 3 heterocycles. The molecule has 0 aliphatic heterocycles. The molecule has 2 aromatic carbocycles. The minimum atomic E-state index is -0.996. The van der Waals surface area contributed by atoms with Gasteiger partial charge in [0.25, 0.3) is 11.4 Å². The number of halogens is 1. The maximum atomic E-state index is 15.3. The second kappa shape index (κ2) is 12.1. The van der Waals surface area contributed by atoms with Gasteiger partial charge in [0.05, 0.1) is 42.2 Å². The normalized spacial score (nSPS) is 12.0. The van der Waals surface area contributed by atoms with Gasteiger partial charge in [0.15, 0.2) is 11.4 Å². The van der Waals surface area contributed by atoms with E-state index >= 15 is 4.39 Å². The van der Waals surface area contributed by atoms with Crippen LogP contribution in [0.25, 0.3) is 27.7 Å². The number of ether oxygens (including phenoxy) is 1. The smallest absolute Gasteiger partial charge is 0.313 e. The second-order valence-electron chi connectivity index (χ2n) is 13.0. The number of aliphatic hydroxyl groups excluding tert-OH is 1. The molecule has 0 amide bonds. The average molecular weight is 630 g/mol. The summed E-state index contributed by atoms with van der Waals surface area (Å²) in [6.07, 6.45) is 3.16. The topological polar surface area (TPSA) is 135 Å². The molecule has 0 saturated heterocycles. The minimum Gasteiger partial charge on any atom is -0.487 e. The lowest BCUT2D eigenvalue weighted by atomic mass is 9.86. The molecule has 0 atom stereocenters. The predicted octanol–water partition coefficient (Wildman–Crippen LogP) is 3.79. The Bertz CT molecular complexity index is 2080. The second-order valence-corrected chi connectivity index (χ2v) is 13.0. The largest absolute Gasteiger partial charge is 0.487 e. The summed E-state index contributed by atoms with van der Waals surface area (Å²) in [5.41, 5.74) is -0.0670. The van der Waals surface area contributed by atoms with Crippen LogP contribution < -0.4 is 25.7 Å². The molecule has 3 aromatic heterocycles. The first kappa shape index (κ1) is 32.5. The summed E-state index contributed by atoms with van der Waals surface area (Å²) < 4.78 is 25.0. The van der Waals surface area contributed by atoms with Gasteiger partial charge >= 0.3 is 5.56 Å². The van der Waals surface area contributed by atoms with E-state index < -0.39 is 29.1 Å². The molecule has 0 bridgehead atoms. The zero-order valence-corrected chi connectivity index (χ0v) is 26.9. The molecule has 0 aliphatic carbocycles. The number of aryl methyl sites for hydroxylation is 2. The molecular formula is C34H38FN6O5+. The number of hydrogen-bond acceptors (Lipinski definition) is 8. The van der Waals surface area contributed by atoms with Crippen LogP contribution in [0, 0.1) is 5.82 Å². The van der Waals surface area contributed by atoms with Gasteiger partial charge in [0, 0.05) is 35.7 Å². The van der Waals surface area contributed by atoms with Crippen molar-refractivity contribution in [1.82, 2.24) is 19.6 Å². The number of aromatic nitrogens is 5. The van der Waals surface area contributed by atoms with Gasteiger partial charge in [-0.3, -0.25) is 9.59 Å². The number of nitrogens with one attached hydrogen (secondary N) is 1. The fourth-order valence-corrected chi connectivity index (χ4v) is 5.04. The maximum Gasteiger partial charge on any atom is 0.313 e. The van der Waals surface area contributed by atoms with E-state index in [1.165, 1.54) is 24.0 Å². The highest BCUT2D eigenvalue weighted by molar-refractivity contribution is 5.83. The zero-order chi connectivity index (χ0) is 33.6. The third-order valence-corrected chi connectivity index (χ3v) is 7.54. The Morgan fingerprint density at radius 2 is 1.78 bits per heavy atom. The van der Waals surface area contributed by atoms with Gasteiger partial charge in [-0.2, -0.15) is 14.9 Å². The molecular weight excluding hydrogens is 591 g/mol. The van der Waals surface area contributed by atoms with E-state index in [0.717, 1.165) is 10.2 Å². The average Bonchev–Trinajstić information content (AvgIpc) is 2.98. The highest BCUT2D eigenvalue weighted by atomic mass is 19.1. The molecule has 0 spiro atoms. The SMILES string of the molecule is Cn1nc(-c2cccc(-n3ncc4cc(C(C)(C)C)cc(F)c4c3=O)c2CO)cc(Nc2ccc(OCC(C)(C)O)c[n+]2C)c1=O. The fraction of sp³-hybridized carbons (Fsp3) is 0.324. The van der Waals surface area contributed by atoms with Crippen molar-refractivity contribution < 1.29 is 23.9 Å². The van der Waals surface area contributed by atoms with Gasteiger partial charge < -0.3 is 14.9 Å². The number of rotatable bonds is 8. The van der Waals surface area contributed by atoms with Crippen LogP contribution in [0.2, 0.25) is 0 Å². The molecule has 3 N–H and O–H groups in total. The van der Waals surface area contributed by atoms with Crippen LogP contribution in [0.15, 0.2) is 70.5 Å². The van der Waals surface area contributed by atoms with E-state index in [0.29, 0.717) is 33.8 Å². The Morgan fingerprint density at radius 1 is 1.04 bits per heavy atom. The maximum absolute atomic E-state index is 15.3. The predicted molar refractivity (Wildman–Crippen MR) is 173 cm³/mol. The van der Waals surface area contributed by atoms with Crippen molar-refractivity contribution >= 4 is 22.3 Å². The Hall–Kier alpha value is -4.94. The molecule has 5 aromatic rings. The van der Waals surface area contributed by atoms with Crippen molar-refractivity contribution in [2.75, 3.05) is 11.9 Å². The van der Waals surface area contributed by atoms with Crippen molar-refractivity contribution in [2.24, 2.45) is 14.1 Å². The van der Waals surface area contributed by atoms with Gasteiger partial charge in [-0.25, -0.2) is 19.0 Å². The van der Waals surface area contributed by atoms with Gasteiger partial charge in [0.1, 0.15) is 18.6 Å². The lowest BCUT2D eigenvalue weighted by Gasteiger charge is -2.20. The number of aliphatic hydroxyl groups is 2. The summed E-state index contributed by atoms with van der Waals surface area (Å²) in [7, 11) is 3.29. The van der Waals surface area contributed by atoms with Crippen molar-refractivity contribution in [3.05, 3.63) is 98.6 Å². The Balaban J connectivity index is 1.56. The van der Waals surface area contributed by atoms with Crippen molar-refractivity contribution in [1.29, 1.82) is 0 Å². The Morgan fingerprint density at radius 3 is 2.43 bits per heavy atom. The Kier molecular flexibility index (Phi) is 8.54. The highest BCUT2D eigenvalue weighted by Crippen LogP contribution is 2.30. The lowest BCUT2D eigenvalue weighted by molar-refractivity contribution is -0.657. The van der Waals surface area contributed by atoms with E-state index in [4.69, 9.17) is 4.74 Å². The molecule has 46 heavy (non-hydrogen) atoms. The standard InChI is InChI=1S/C34H37FN6O5/c1-33(2,3)21-13-20-16-36-41(32(44)30(20)25(35)14-21)28-10-8-9-23(24(28)18-42)26-15-27(31(43)40(7)38-26)37-29-12-11-22(17-39(29)6)46-19-34(4,5)45/h8-17,42,45H,18-19H2,1-7H3/p+1. The summed E-state index contributed by atoms with van der Waals surface area (Å²) in [4.78, 5) is 26.7. The minimum absolute atomic E-state index is 0.103. The first-order valence-corrected chi connectivity index (χ1v) is 14.7. The van der Waals surface area contributed by atoms with Crippen LogP contribution in [0.5, 0.6) is 5.75 Å². The summed E-state index contributed by atoms with van der Waals surface area (Å²) in [6.45, 7) is 8.80. The van der Waals surface area contributed by atoms with Gasteiger partial charge in [-0.15, -0.1) is 0 Å². The van der Waals surface area contributed by atoms with E-state index in [9.17, 15) is 19.8 Å². The molecule has 12 heteroatoms. The Labute approximate surface area is 265 Å². The molecule has 0 radical (unpaired) electrons. The van der Waals surface area contributed by atoms with Crippen molar-refractivity contribution in [3.8, 4) is 22.7 Å². The third-order valence-electron chi connectivity index (χ3n) is 7.54. The number of benzene rings is 2. The summed E-state index contributed by atoms with van der Waals surface area (Å²) >= 11 is 0. The van der Waals surface area contributed by atoms with Crippen LogP contribution in [0.1, 0.15) is 45.7 Å². The van der Waals surface area contributed by atoms with Crippen LogP contribution in [-0.2, 0) is 26.1 Å². The van der Waals surface area contributed by atoms with E-state index in [-0.39, 0.29) is 28.8 Å². The first-order chi connectivity index (χ1) is 21.6. The van der Waals surface area contributed by atoms with E-state index in [1.54, 1.807) is 74.1 Å². The molecule has 0 aliphatic rings. The zero-order valence-electron chi connectivity index (χ0n) is 26.9. The number of hydrogen-bond donors (Lipinski definition) is 3. The van der Waals surface area contributed by atoms with E-state index in [1.807, 2.05) is 20.8 Å². The van der Waals surface area contributed by atoms with Crippen molar-refractivity contribution in [2.45, 2.75) is 52.2 Å². The van der Waals surface area contributed by atoms with Crippen LogP contribution in [-0.4, -0.2) is 42.0 Å². The summed E-state index contributed by atoms with van der Waals surface area (Å²) in [5, 5.41) is 32.7. The molecule has 0 saturated carbocycles. The summed E-state index contributed by atoms with van der Waals surface area (Å²) in [5.74, 6) is 0.463. The summed E-state index contributed by atoms with van der Waals surface area (Å²) in [6, 6.07) is 13.1. The molecule has 0 unspecified atom stereocenters. The molecule has 11 nitrogen and oxygen atoms in total. The number of pyridine rings is 1. The van der Waals surface area contributed by atoms with E-state index in [2.05, 4.69) is 15.5 Å². The van der Waals surface area contributed by atoms with Crippen LogP contribution in [0.3, 0.4) is 0 Å².